The normalized spacial score (nSPS) is 30.4. The molecule has 0 atom stereocenters. The van der Waals surface area contributed by atoms with E-state index in [1.165, 1.54) is 77.0 Å². The van der Waals surface area contributed by atoms with Crippen molar-refractivity contribution < 1.29 is 4.74 Å². The van der Waals surface area contributed by atoms with Crippen molar-refractivity contribution in [2.24, 2.45) is 17.8 Å². The molecule has 26 heavy (non-hydrogen) atoms. The number of ether oxygens (including phenoxy) is 1. The molecule has 0 radical (unpaired) electrons. The standard InChI is InChI=1S/C25H44O/c1-3-5-7-9-21-26-25-19-17-24(18-20-25)16-15-23-13-11-22(12-14-23)10-8-6-4-2/h4-7,22-25H,3,8-21H2,1-2H3. The molecule has 1 nitrogen and oxygen atoms in total. The van der Waals surface area contributed by atoms with Crippen molar-refractivity contribution in [1.29, 1.82) is 0 Å². The van der Waals surface area contributed by atoms with Crippen LogP contribution in [-0.2, 0) is 4.74 Å². The second kappa shape index (κ2) is 13.6. The molecule has 0 saturated heterocycles. The van der Waals surface area contributed by atoms with Gasteiger partial charge >= 0.3 is 0 Å². The maximum atomic E-state index is 6.07. The average Bonchev–Trinajstić information content (AvgIpc) is 2.68. The summed E-state index contributed by atoms with van der Waals surface area (Å²) in [6.07, 6.45) is 29.0. The number of rotatable bonds is 11. The molecule has 0 aromatic carbocycles. The fraction of sp³-hybridized carbons (Fsp3) is 0.840. The Kier molecular flexibility index (Phi) is 11.4. The van der Waals surface area contributed by atoms with Crippen LogP contribution < -0.4 is 0 Å². The molecule has 0 heterocycles. The van der Waals surface area contributed by atoms with E-state index in [0.717, 1.165) is 37.2 Å². The van der Waals surface area contributed by atoms with Gasteiger partial charge in [-0.3, -0.25) is 0 Å². The van der Waals surface area contributed by atoms with Gasteiger partial charge in [0.1, 0.15) is 0 Å². The highest BCUT2D eigenvalue weighted by Gasteiger charge is 2.24. The van der Waals surface area contributed by atoms with E-state index in [1.54, 1.807) is 0 Å². The number of allylic oxidation sites excluding steroid dienone is 3. The van der Waals surface area contributed by atoms with Gasteiger partial charge in [0.2, 0.25) is 0 Å². The zero-order valence-electron chi connectivity index (χ0n) is 17.6. The molecule has 2 fully saturated rings. The van der Waals surface area contributed by atoms with Crippen molar-refractivity contribution in [2.75, 3.05) is 6.61 Å². The van der Waals surface area contributed by atoms with Gasteiger partial charge in [-0.05, 0) is 76.0 Å². The molecule has 0 aromatic heterocycles. The summed E-state index contributed by atoms with van der Waals surface area (Å²) in [5.41, 5.74) is 0. The Balaban J connectivity index is 1.49. The van der Waals surface area contributed by atoms with Crippen LogP contribution in [0.25, 0.3) is 0 Å². The molecule has 0 aliphatic heterocycles. The second-order valence-corrected chi connectivity index (χ2v) is 8.79. The minimum Gasteiger partial charge on any atom is -0.378 e. The first kappa shape index (κ1) is 21.7. The lowest BCUT2D eigenvalue weighted by molar-refractivity contribution is 0.0188. The van der Waals surface area contributed by atoms with E-state index < -0.39 is 0 Å². The summed E-state index contributed by atoms with van der Waals surface area (Å²) < 4.78 is 6.07. The van der Waals surface area contributed by atoms with Gasteiger partial charge < -0.3 is 4.74 Å². The Bertz CT molecular complexity index is 381. The van der Waals surface area contributed by atoms with Gasteiger partial charge in [0, 0.05) is 0 Å². The van der Waals surface area contributed by atoms with Crippen LogP contribution in [0.5, 0.6) is 0 Å². The maximum absolute atomic E-state index is 6.07. The first-order valence-corrected chi connectivity index (χ1v) is 11.7. The summed E-state index contributed by atoms with van der Waals surface area (Å²) in [5, 5.41) is 0. The average molecular weight is 361 g/mol. The summed E-state index contributed by atoms with van der Waals surface area (Å²) in [6, 6.07) is 0. The van der Waals surface area contributed by atoms with Gasteiger partial charge in [-0.1, -0.05) is 69.8 Å². The molecule has 1 heteroatoms. The summed E-state index contributed by atoms with van der Waals surface area (Å²) in [4.78, 5) is 0. The molecule has 2 rings (SSSR count). The van der Waals surface area contributed by atoms with Gasteiger partial charge in [0.25, 0.3) is 0 Å². The molecular weight excluding hydrogens is 316 g/mol. The van der Waals surface area contributed by atoms with Crippen molar-refractivity contribution in [3.8, 4) is 0 Å². The van der Waals surface area contributed by atoms with Crippen molar-refractivity contribution in [2.45, 2.75) is 110 Å². The fourth-order valence-electron chi connectivity index (χ4n) is 4.95. The molecule has 2 aliphatic rings. The van der Waals surface area contributed by atoms with Crippen molar-refractivity contribution in [3.63, 3.8) is 0 Å². The molecule has 0 N–H and O–H groups in total. The summed E-state index contributed by atoms with van der Waals surface area (Å²) in [7, 11) is 0. The summed E-state index contributed by atoms with van der Waals surface area (Å²) in [6.45, 7) is 5.25. The van der Waals surface area contributed by atoms with Crippen LogP contribution in [0.15, 0.2) is 24.3 Å². The summed E-state index contributed by atoms with van der Waals surface area (Å²) in [5.74, 6) is 3.04. The van der Waals surface area contributed by atoms with Crippen LogP contribution in [0.2, 0.25) is 0 Å². The third-order valence-electron chi connectivity index (χ3n) is 6.76. The molecule has 0 unspecified atom stereocenters. The van der Waals surface area contributed by atoms with Crippen molar-refractivity contribution >= 4 is 0 Å². The highest BCUT2D eigenvalue weighted by Crippen LogP contribution is 2.37. The Labute approximate surface area is 163 Å². The predicted octanol–water partition coefficient (Wildman–Crippen LogP) is 7.86. The van der Waals surface area contributed by atoms with E-state index in [1.807, 2.05) is 0 Å². The Morgan fingerprint density at radius 2 is 1.27 bits per heavy atom. The lowest BCUT2D eigenvalue weighted by Crippen LogP contribution is -2.23. The third-order valence-corrected chi connectivity index (χ3v) is 6.76. The van der Waals surface area contributed by atoms with Crippen LogP contribution in [0.1, 0.15) is 104 Å². The predicted molar refractivity (Wildman–Crippen MR) is 114 cm³/mol. The molecule has 2 aliphatic carbocycles. The smallest absolute Gasteiger partial charge is 0.0575 e. The van der Waals surface area contributed by atoms with E-state index in [4.69, 9.17) is 4.74 Å². The van der Waals surface area contributed by atoms with Gasteiger partial charge in [-0.2, -0.15) is 0 Å². The fourth-order valence-corrected chi connectivity index (χ4v) is 4.95. The van der Waals surface area contributed by atoms with E-state index >= 15 is 0 Å². The molecule has 0 aromatic rings. The zero-order valence-corrected chi connectivity index (χ0v) is 17.6. The highest BCUT2D eigenvalue weighted by molar-refractivity contribution is 4.82. The minimum absolute atomic E-state index is 0.550. The van der Waals surface area contributed by atoms with Crippen molar-refractivity contribution in [3.05, 3.63) is 24.3 Å². The van der Waals surface area contributed by atoms with E-state index in [2.05, 4.69) is 38.2 Å². The number of hydrogen-bond acceptors (Lipinski definition) is 1. The Morgan fingerprint density at radius 3 is 1.85 bits per heavy atom. The Hall–Kier alpha value is -0.560. The topological polar surface area (TPSA) is 9.23 Å². The summed E-state index contributed by atoms with van der Waals surface area (Å²) >= 11 is 0. The maximum Gasteiger partial charge on any atom is 0.0575 e. The monoisotopic (exact) mass is 360 g/mol. The highest BCUT2D eigenvalue weighted by atomic mass is 16.5. The SMILES string of the molecule is CC=CCCC1CCC(CCC2CCC(OCCC=CCC)CC2)CC1. The van der Waals surface area contributed by atoms with Crippen molar-refractivity contribution in [1.82, 2.24) is 0 Å². The Morgan fingerprint density at radius 1 is 0.692 bits per heavy atom. The molecule has 0 amide bonds. The van der Waals surface area contributed by atoms with Gasteiger partial charge in [-0.25, -0.2) is 0 Å². The van der Waals surface area contributed by atoms with Crippen LogP contribution in [0, 0.1) is 17.8 Å². The lowest BCUT2D eigenvalue weighted by atomic mass is 9.76. The van der Waals surface area contributed by atoms with E-state index in [-0.39, 0.29) is 0 Å². The molecule has 2 saturated carbocycles. The quantitative estimate of drug-likeness (QED) is 0.269. The molecule has 150 valence electrons. The minimum atomic E-state index is 0.550. The first-order chi connectivity index (χ1) is 12.8. The molecular formula is C25H44O. The molecule has 0 spiro atoms. The zero-order chi connectivity index (χ0) is 18.5. The van der Waals surface area contributed by atoms with Gasteiger partial charge in [-0.15, -0.1) is 0 Å². The van der Waals surface area contributed by atoms with E-state index in [9.17, 15) is 0 Å². The van der Waals surface area contributed by atoms with Crippen LogP contribution in [0.4, 0.5) is 0 Å². The van der Waals surface area contributed by atoms with Crippen LogP contribution in [0.3, 0.4) is 0 Å². The second-order valence-electron chi connectivity index (χ2n) is 8.79. The molecule has 0 bridgehead atoms. The largest absolute Gasteiger partial charge is 0.378 e. The van der Waals surface area contributed by atoms with E-state index in [0.29, 0.717) is 6.10 Å². The lowest BCUT2D eigenvalue weighted by Gasteiger charge is -2.32. The third kappa shape index (κ3) is 8.89. The van der Waals surface area contributed by atoms with Crippen LogP contribution >= 0.6 is 0 Å². The van der Waals surface area contributed by atoms with Gasteiger partial charge in [0.05, 0.1) is 12.7 Å². The first-order valence-electron chi connectivity index (χ1n) is 11.7. The van der Waals surface area contributed by atoms with Gasteiger partial charge in [0.15, 0.2) is 0 Å². The number of hydrogen-bond donors (Lipinski definition) is 0. The van der Waals surface area contributed by atoms with Crippen LogP contribution in [-0.4, -0.2) is 12.7 Å².